The average molecular weight is 239 g/mol. The molecule has 0 saturated heterocycles. The van der Waals surface area contributed by atoms with E-state index in [1.165, 1.54) is 5.56 Å². The molecule has 0 amide bonds. The Morgan fingerprint density at radius 2 is 2.22 bits per heavy atom. The first kappa shape index (κ1) is 12.3. The smallest absolute Gasteiger partial charge is 0.0646 e. The summed E-state index contributed by atoms with van der Waals surface area (Å²) >= 11 is 0. The van der Waals surface area contributed by atoms with Gasteiger partial charge in [-0.05, 0) is 32.0 Å². The highest BCUT2D eigenvalue weighted by molar-refractivity contribution is 5.51. The van der Waals surface area contributed by atoms with Crippen molar-refractivity contribution in [1.29, 1.82) is 0 Å². The first-order chi connectivity index (χ1) is 8.60. The van der Waals surface area contributed by atoms with Gasteiger partial charge in [0.15, 0.2) is 0 Å². The molecule has 1 N–H and O–H groups in total. The van der Waals surface area contributed by atoms with Gasteiger partial charge in [0.25, 0.3) is 0 Å². The Kier molecular flexibility index (Phi) is 3.38. The summed E-state index contributed by atoms with van der Waals surface area (Å²) in [5, 5.41) is 7.79. The van der Waals surface area contributed by atoms with Crippen LogP contribution < -0.4 is 5.32 Å². The molecule has 3 heteroatoms. The molecule has 0 aliphatic carbocycles. The summed E-state index contributed by atoms with van der Waals surface area (Å²) < 4.78 is 1.83. The topological polar surface area (TPSA) is 29.9 Å². The summed E-state index contributed by atoms with van der Waals surface area (Å²) in [6, 6.07) is 8.07. The number of hydrogen-bond donors (Lipinski definition) is 1. The van der Waals surface area contributed by atoms with E-state index in [4.69, 9.17) is 6.42 Å². The standard InChI is InChI=1S/C15H17N3/c1-5-13-7-6-8-14(9-13)16-11(2)15-10-18(4)17-12(15)3/h1,6-11,16H,2-4H3. The predicted molar refractivity (Wildman–Crippen MR) is 74.4 cm³/mol. The first-order valence-electron chi connectivity index (χ1n) is 5.93. The van der Waals surface area contributed by atoms with Crippen molar-refractivity contribution in [2.45, 2.75) is 19.9 Å². The largest absolute Gasteiger partial charge is 0.378 e. The minimum atomic E-state index is 0.201. The van der Waals surface area contributed by atoms with Gasteiger partial charge in [-0.2, -0.15) is 5.10 Å². The third kappa shape index (κ3) is 2.54. The lowest BCUT2D eigenvalue weighted by molar-refractivity contribution is 0.756. The number of nitrogens with zero attached hydrogens (tertiary/aromatic N) is 2. The van der Waals surface area contributed by atoms with Gasteiger partial charge in [0.1, 0.15) is 0 Å². The van der Waals surface area contributed by atoms with Crippen molar-refractivity contribution < 1.29 is 0 Å². The van der Waals surface area contributed by atoms with Crippen molar-refractivity contribution in [3.05, 3.63) is 47.3 Å². The van der Waals surface area contributed by atoms with Crippen LogP contribution in [-0.4, -0.2) is 9.78 Å². The molecule has 0 bridgehead atoms. The Morgan fingerprint density at radius 1 is 1.44 bits per heavy atom. The van der Waals surface area contributed by atoms with Crippen LogP contribution in [0.15, 0.2) is 30.5 Å². The SMILES string of the molecule is C#Cc1cccc(NC(C)c2cn(C)nc2C)c1. The molecular weight excluding hydrogens is 222 g/mol. The van der Waals surface area contributed by atoms with Crippen molar-refractivity contribution in [2.75, 3.05) is 5.32 Å². The Bertz CT molecular complexity index is 590. The van der Waals surface area contributed by atoms with Crippen molar-refractivity contribution in [3.63, 3.8) is 0 Å². The van der Waals surface area contributed by atoms with Crippen molar-refractivity contribution >= 4 is 5.69 Å². The van der Waals surface area contributed by atoms with Gasteiger partial charge in [0.05, 0.1) is 11.7 Å². The quantitative estimate of drug-likeness (QED) is 0.835. The van der Waals surface area contributed by atoms with E-state index < -0.39 is 0 Å². The Balaban J connectivity index is 2.18. The van der Waals surface area contributed by atoms with Gasteiger partial charge < -0.3 is 5.32 Å². The molecule has 3 nitrogen and oxygen atoms in total. The molecule has 18 heavy (non-hydrogen) atoms. The van der Waals surface area contributed by atoms with E-state index >= 15 is 0 Å². The van der Waals surface area contributed by atoms with E-state index in [1.54, 1.807) is 0 Å². The third-order valence-corrected chi connectivity index (χ3v) is 2.93. The highest BCUT2D eigenvalue weighted by Gasteiger charge is 2.11. The molecule has 92 valence electrons. The molecule has 1 heterocycles. The molecule has 0 saturated carbocycles. The number of aromatic nitrogens is 2. The first-order valence-corrected chi connectivity index (χ1v) is 5.93. The Hall–Kier alpha value is -2.21. The van der Waals surface area contributed by atoms with Crippen molar-refractivity contribution in [1.82, 2.24) is 9.78 Å². The van der Waals surface area contributed by atoms with Crippen molar-refractivity contribution in [3.8, 4) is 12.3 Å². The monoisotopic (exact) mass is 239 g/mol. The molecular formula is C15H17N3. The van der Waals surface area contributed by atoms with Gasteiger partial charge in [-0.3, -0.25) is 4.68 Å². The molecule has 2 rings (SSSR count). The zero-order valence-electron chi connectivity index (χ0n) is 10.9. The molecule has 2 aromatic rings. The van der Waals surface area contributed by atoms with Gasteiger partial charge in [-0.1, -0.05) is 12.0 Å². The highest BCUT2D eigenvalue weighted by atomic mass is 15.3. The predicted octanol–water partition coefficient (Wildman–Crippen LogP) is 2.88. The zero-order valence-corrected chi connectivity index (χ0v) is 10.9. The lowest BCUT2D eigenvalue weighted by Crippen LogP contribution is -2.07. The van der Waals surface area contributed by atoms with Crippen LogP contribution >= 0.6 is 0 Å². The summed E-state index contributed by atoms with van der Waals surface area (Å²) in [4.78, 5) is 0. The van der Waals surface area contributed by atoms with Crippen molar-refractivity contribution in [2.24, 2.45) is 7.05 Å². The normalized spacial score (nSPS) is 11.9. The fourth-order valence-corrected chi connectivity index (χ4v) is 2.07. The number of nitrogens with one attached hydrogen (secondary N) is 1. The van der Waals surface area contributed by atoms with Crippen LogP contribution in [0.5, 0.6) is 0 Å². The van der Waals surface area contributed by atoms with Gasteiger partial charge >= 0.3 is 0 Å². The summed E-state index contributed by atoms with van der Waals surface area (Å²) in [5.41, 5.74) is 4.16. The number of hydrogen-bond acceptors (Lipinski definition) is 2. The number of rotatable bonds is 3. The molecule has 0 radical (unpaired) electrons. The zero-order chi connectivity index (χ0) is 13.1. The molecule has 1 aromatic heterocycles. The van der Waals surface area contributed by atoms with Crippen LogP contribution in [-0.2, 0) is 7.05 Å². The second-order valence-corrected chi connectivity index (χ2v) is 4.43. The molecule has 1 unspecified atom stereocenters. The van der Waals surface area contributed by atoms with Gasteiger partial charge in [0.2, 0.25) is 0 Å². The number of anilines is 1. The summed E-state index contributed by atoms with van der Waals surface area (Å²) in [7, 11) is 1.93. The molecule has 1 aromatic carbocycles. The molecule has 1 atom stereocenters. The van der Waals surface area contributed by atoms with Gasteiger partial charge in [-0.15, -0.1) is 6.42 Å². The van der Waals surface area contributed by atoms with Crippen LogP contribution in [0.2, 0.25) is 0 Å². The molecule has 0 spiro atoms. The van der Waals surface area contributed by atoms with E-state index in [-0.39, 0.29) is 6.04 Å². The minimum absolute atomic E-state index is 0.201. The van der Waals surface area contributed by atoms with E-state index in [1.807, 2.05) is 49.1 Å². The summed E-state index contributed by atoms with van der Waals surface area (Å²) in [6.07, 6.45) is 7.44. The van der Waals surface area contributed by atoms with E-state index in [2.05, 4.69) is 23.3 Å². The second kappa shape index (κ2) is 4.97. The molecule has 0 aliphatic rings. The summed E-state index contributed by atoms with van der Waals surface area (Å²) in [5.74, 6) is 2.64. The van der Waals surface area contributed by atoms with Crippen LogP contribution in [0, 0.1) is 19.3 Å². The van der Waals surface area contributed by atoms with Gasteiger partial charge in [0, 0.05) is 30.1 Å². The highest BCUT2D eigenvalue weighted by Crippen LogP contribution is 2.21. The minimum Gasteiger partial charge on any atom is -0.378 e. The fraction of sp³-hybridized carbons (Fsp3) is 0.267. The van der Waals surface area contributed by atoms with E-state index in [0.717, 1.165) is 16.9 Å². The van der Waals surface area contributed by atoms with Crippen LogP contribution in [0.25, 0.3) is 0 Å². The lowest BCUT2D eigenvalue weighted by Gasteiger charge is -2.14. The number of aryl methyl sites for hydroxylation is 2. The van der Waals surface area contributed by atoms with E-state index in [9.17, 15) is 0 Å². The number of benzene rings is 1. The summed E-state index contributed by atoms with van der Waals surface area (Å²) in [6.45, 7) is 4.14. The average Bonchev–Trinajstić information content (AvgIpc) is 2.69. The van der Waals surface area contributed by atoms with Crippen LogP contribution in [0.1, 0.15) is 29.8 Å². The van der Waals surface area contributed by atoms with Gasteiger partial charge in [-0.25, -0.2) is 0 Å². The van der Waals surface area contributed by atoms with Crippen LogP contribution in [0.3, 0.4) is 0 Å². The van der Waals surface area contributed by atoms with E-state index in [0.29, 0.717) is 0 Å². The second-order valence-electron chi connectivity index (χ2n) is 4.43. The fourth-order valence-electron chi connectivity index (χ4n) is 2.07. The maximum Gasteiger partial charge on any atom is 0.0646 e. The Labute approximate surface area is 108 Å². The molecule has 0 aliphatic heterocycles. The van der Waals surface area contributed by atoms with Crippen LogP contribution in [0.4, 0.5) is 5.69 Å². The molecule has 0 fully saturated rings. The third-order valence-electron chi connectivity index (χ3n) is 2.93. The maximum atomic E-state index is 5.40. The number of terminal acetylenes is 1. The Morgan fingerprint density at radius 3 is 2.83 bits per heavy atom. The lowest BCUT2D eigenvalue weighted by atomic mass is 10.1. The maximum absolute atomic E-state index is 5.40.